The third-order valence-electron chi connectivity index (χ3n) is 6.71. The number of methoxy groups -OCH3 is 2. The molecule has 3 heterocycles. The van der Waals surface area contributed by atoms with Crippen molar-refractivity contribution in [1.29, 1.82) is 0 Å². The lowest BCUT2D eigenvalue weighted by molar-refractivity contribution is 0.228. The smallest absolute Gasteiger partial charge is 0.290 e. The second-order valence-corrected chi connectivity index (χ2v) is 9.58. The van der Waals surface area contributed by atoms with E-state index in [0.29, 0.717) is 31.3 Å². The molecule has 0 saturated carbocycles. The highest BCUT2D eigenvalue weighted by molar-refractivity contribution is 5.48. The summed E-state index contributed by atoms with van der Waals surface area (Å²) in [7, 11) is 6.69. The van der Waals surface area contributed by atoms with Crippen molar-refractivity contribution in [1.82, 2.24) is 29.8 Å². The van der Waals surface area contributed by atoms with E-state index in [1.54, 1.807) is 38.2 Å². The Morgan fingerprint density at radius 3 is 2.31 bits per heavy atom. The molecule has 0 N–H and O–H groups in total. The first-order valence-electron chi connectivity index (χ1n) is 12.7. The van der Waals surface area contributed by atoms with E-state index in [-0.39, 0.29) is 17.4 Å². The van der Waals surface area contributed by atoms with Crippen LogP contribution >= 0.6 is 0 Å². The average molecular weight is 534 g/mol. The van der Waals surface area contributed by atoms with Gasteiger partial charge in [-0.05, 0) is 35.7 Å². The summed E-state index contributed by atoms with van der Waals surface area (Å²) in [6.07, 6.45) is 3.55. The standard InChI is InChI=1S/C28H35N7O4/c1-19(20(2)25-12-11-24(38-6)14-29-25)18-39-27-13-26(28(36)34(4)31-27)35(17-22-16-33(3)32-30-22)15-21-7-9-23(37-5)10-8-21/h7-14,16,19-20H,15,17-18H2,1-6H3/t19-,20+/m1/s1. The van der Waals surface area contributed by atoms with Gasteiger partial charge in [0.25, 0.3) is 5.56 Å². The Balaban J connectivity index is 1.55. The molecular weight excluding hydrogens is 498 g/mol. The number of ether oxygens (including phenoxy) is 3. The Bertz CT molecular complexity index is 1420. The number of anilines is 1. The van der Waals surface area contributed by atoms with Crippen LogP contribution in [0.4, 0.5) is 5.69 Å². The second kappa shape index (κ2) is 12.4. The van der Waals surface area contributed by atoms with Crippen molar-refractivity contribution >= 4 is 5.69 Å². The molecule has 4 aromatic rings. The maximum absolute atomic E-state index is 13.3. The Morgan fingerprint density at radius 1 is 0.974 bits per heavy atom. The zero-order chi connectivity index (χ0) is 27.9. The largest absolute Gasteiger partial charge is 0.497 e. The molecule has 0 saturated heterocycles. The predicted molar refractivity (Wildman–Crippen MR) is 147 cm³/mol. The lowest BCUT2D eigenvalue weighted by atomic mass is 9.93. The summed E-state index contributed by atoms with van der Waals surface area (Å²) in [6, 6.07) is 13.3. The number of hydrogen-bond acceptors (Lipinski definition) is 9. The number of aryl methyl sites for hydroxylation is 2. The molecule has 4 rings (SSSR count). The summed E-state index contributed by atoms with van der Waals surface area (Å²) in [6.45, 7) is 5.47. The molecular formula is C28H35N7O4. The molecule has 0 unspecified atom stereocenters. The second-order valence-electron chi connectivity index (χ2n) is 9.58. The van der Waals surface area contributed by atoms with Crippen LogP contribution in [-0.2, 0) is 27.2 Å². The molecule has 0 aliphatic carbocycles. The van der Waals surface area contributed by atoms with Crippen molar-refractivity contribution in [2.45, 2.75) is 32.9 Å². The number of aromatic nitrogens is 6. The molecule has 0 amide bonds. The topological polar surface area (TPSA) is 109 Å². The Hall–Kier alpha value is -4.41. The highest BCUT2D eigenvalue weighted by Crippen LogP contribution is 2.26. The Kier molecular flexibility index (Phi) is 8.80. The lowest BCUT2D eigenvalue weighted by Gasteiger charge is -2.24. The lowest BCUT2D eigenvalue weighted by Crippen LogP contribution is -2.32. The van der Waals surface area contributed by atoms with E-state index in [4.69, 9.17) is 14.2 Å². The number of rotatable bonds is 12. The van der Waals surface area contributed by atoms with Crippen LogP contribution < -0.4 is 24.7 Å². The van der Waals surface area contributed by atoms with Gasteiger partial charge >= 0.3 is 0 Å². The van der Waals surface area contributed by atoms with Crippen LogP contribution in [0.5, 0.6) is 17.4 Å². The van der Waals surface area contributed by atoms with E-state index >= 15 is 0 Å². The van der Waals surface area contributed by atoms with Gasteiger partial charge in [-0.25, -0.2) is 4.68 Å². The summed E-state index contributed by atoms with van der Waals surface area (Å²) >= 11 is 0. The quantitative estimate of drug-likeness (QED) is 0.271. The van der Waals surface area contributed by atoms with Gasteiger partial charge in [-0.2, -0.15) is 0 Å². The Labute approximate surface area is 228 Å². The third kappa shape index (κ3) is 6.92. The number of pyridine rings is 1. The fourth-order valence-electron chi connectivity index (χ4n) is 4.14. The minimum Gasteiger partial charge on any atom is -0.497 e. The first-order valence-corrected chi connectivity index (χ1v) is 12.7. The summed E-state index contributed by atoms with van der Waals surface area (Å²) in [4.78, 5) is 19.7. The van der Waals surface area contributed by atoms with Crippen LogP contribution in [0.1, 0.15) is 36.7 Å². The minimum atomic E-state index is -0.233. The SMILES string of the molecule is COc1ccc(CN(Cc2cn(C)nn2)c2cc(OC[C@@H](C)[C@H](C)c3ccc(OC)cn3)nn(C)c2=O)cc1. The molecule has 206 valence electrons. The van der Waals surface area contributed by atoms with E-state index < -0.39 is 0 Å². The van der Waals surface area contributed by atoms with Crippen molar-refractivity contribution < 1.29 is 14.2 Å². The minimum absolute atomic E-state index is 0.142. The summed E-state index contributed by atoms with van der Waals surface area (Å²) in [5, 5.41) is 12.6. The molecule has 0 spiro atoms. The average Bonchev–Trinajstić information content (AvgIpc) is 3.37. The van der Waals surface area contributed by atoms with Crippen LogP contribution in [0.15, 0.2) is 59.7 Å². The molecule has 2 atom stereocenters. The number of nitrogens with zero attached hydrogens (tertiary/aromatic N) is 7. The third-order valence-corrected chi connectivity index (χ3v) is 6.71. The van der Waals surface area contributed by atoms with Crippen molar-refractivity contribution in [2.24, 2.45) is 20.0 Å². The van der Waals surface area contributed by atoms with Crippen LogP contribution in [0.3, 0.4) is 0 Å². The zero-order valence-electron chi connectivity index (χ0n) is 23.2. The van der Waals surface area contributed by atoms with E-state index in [1.165, 1.54) is 4.68 Å². The molecule has 3 aromatic heterocycles. The molecule has 11 heteroatoms. The van der Waals surface area contributed by atoms with Crippen LogP contribution in [0.25, 0.3) is 0 Å². The first kappa shape index (κ1) is 27.6. The van der Waals surface area contributed by atoms with Gasteiger partial charge in [0.05, 0.1) is 33.6 Å². The fourth-order valence-corrected chi connectivity index (χ4v) is 4.14. The van der Waals surface area contributed by atoms with E-state index in [2.05, 4.69) is 34.2 Å². The molecule has 11 nitrogen and oxygen atoms in total. The van der Waals surface area contributed by atoms with Gasteiger partial charge < -0.3 is 19.1 Å². The monoisotopic (exact) mass is 533 g/mol. The van der Waals surface area contributed by atoms with Crippen molar-refractivity contribution in [3.8, 4) is 17.4 Å². The first-order chi connectivity index (χ1) is 18.8. The maximum atomic E-state index is 13.3. The van der Waals surface area contributed by atoms with Crippen molar-refractivity contribution in [3.63, 3.8) is 0 Å². The number of benzene rings is 1. The van der Waals surface area contributed by atoms with Gasteiger partial charge in [0.1, 0.15) is 22.9 Å². The molecule has 0 aliphatic heterocycles. The molecule has 39 heavy (non-hydrogen) atoms. The highest BCUT2D eigenvalue weighted by atomic mass is 16.5. The van der Waals surface area contributed by atoms with E-state index in [1.807, 2.05) is 54.5 Å². The van der Waals surface area contributed by atoms with Crippen LogP contribution in [0.2, 0.25) is 0 Å². The van der Waals surface area contributed by atoms with E-state index in [9.17, 15) is 4.79 Å². The highest BCUT2D eigenvalue weighted by Gasteiger charge is 2.20. The van der Waals surface area contributed by atoms with Gasteiger partial charge in [-0.15, -0.1) is 10.2 Å². The van der Waals surface area contributed by atoms with E-state index in [0.717, 1.165) is 28.5 Å². The van der Waals surface area contributed by atoms with Crippen molar-refractivity contribution in [2.75, 3.05) is 25.7 Å². The maximum Gasteiger partial charge on any atom is 0.290 e. The summed E-state index contributed by atoms with van der Waals surface area (Å²) in [5.74, 6) is 2.14. The summed E-state index contributed by atoms with van der Waals surface area (Å²) < 4.78 is 19.6. The fraction of sp³-hybridized carbons (Fsp3) is 0.393. The summed E-state index contributed by atoms with van der Waals surface area (Å²) in [5.41, 5.74) is 2.93. The van der Waals surface area contributed by atoms with Gasteiger partial charge in [0, 0.05) is 44.5 Å². The predicted octanol–water partition coefficient (Wildman–Crippen LogP) is 3.35. The van der Waals surface area contributed by atoms with Crippen molar-refractivity contribution in [3.05, 3.63) is 82.2 Å². The molecule has 0 fully saturated rings. The molecule has 0 radical (unpaired) electrons. The zero-order valence-corrected chi connectivity index (χ0v) is 23.2. The van der Waals surface area contributed by atoms with Crippen LogP contribution in [0, 0.1) is 5.92 Å². The van der Waals surface area contributed by atoms with Gasteiger partial charge in [0.15, 0.2) is 0 Å². The Morgan fingerprint density at radius 2 is 1.69 bits per heavy atom. The molecule has 0 aliphatic rings. The number of hydrogen-bond donors (Lipinski definition) is 0. The van der Waals surface area contributed by atoms with Crippen LogP contribution in [-0.4, -0.2) is 50.6 Å². The van der Waals surface area contributed by atoms with Gasteiger partial charge in [0.2, 0.25) is 5.88 Å². The van der Waals surface area contributed by atoms with Gasteiger partial charge in [-0.3, -0.25) is 14.5 Å². The molecule has 0 bridgehead atoms. The normalized spacial score (nSPS) is 12.6. The molecule has 1 aromatic carbocycles. The van der Waals surface area contributed by atoms with Gasteiger partial charge in [-0.1, -0.05) is 31.2 Å².